The molecule has 1 fully saturated rings. The number of likely N-dealkylation sites (tertiary alicyclic amines) is 1. The van der Waals surface area contributed by atoms with E-state index in [0.717, 1.165) is 24.9 Å². The molecule has 0 radical (unpaired) electrons. The number of amides is 1. The minimum absolute atomic E-state index is 0.0830. The van der Waals surface area contributed by atoms with Crippen molar-refractivity contribution in [1.82, 2.24) is 4.90 Å². The fourth-order valence-electron chi connectivity index (χ4n) is 2.98. The molecule has 116 valence electrons. The number of benzene rings is 1. The molecule has 1 saturated heterocycles. The van der Waals surface area contributed by atoms with E-state index in [-0.39, 0.29) is 11.9 Å². The largest absolute Gasteiger partial charge is 0.331 e. The van der Waals surface area contributed by atoms with Gasteiger partial charge in [0.2, 0.25) is 0 Å². The first-order chi connectivity index (χ1) is 10.6. The van der Waals surface area contributed by atoms with E-state index in [1.54, 1.807) is 17.6 Å². The van der Waals surface area contributed by atoms with Gasteiger partial charge in [-0.3, -0.25) is 9.00 Å². The highest BCUT2D eigenvalue weighted by Gasteiger charge is 2.31. The predicted molar refractivity (Wildman–Crippen MR) is 91.5 cm³/mol. The molecule has 2 aromatic rings. The summed E-state index contributed by atoms with van der Waals surface area (Å²) in [6.45, 7) is 0.811. The fourth-order valence-corrected chi connectivity index (χ4v) is 4.50. The molecule has 1 aromatic heterocycles. The molecule has 3 nitrogen and oxygen atoms in total. The molecule has 0 bridgehead atoms. The predicted octanol–water partition coefficient (Wildman–Crippen LogP) is 3.60. The zero-order valence-electron chi connectivity index (χ0n) is 12.5. The van der Waals surface area contributed by atoms with Gasteiger partial charge in [-0.1, -0.05) is 18.2 Å². The molecule has 1 aliphatic rings. The molecule has 0 N–H and O–H groups in total. The Hall–Kier alpha value is -1.46. The lowest BCUT2D eigenvalue weighted by Gasteiger charge is -2.24. The summed E-state index contributed by atoms with van der Waals surface area (Å²) in [5, 5.41) is 2.06. The van der Waals surface area contributed by atoms with Crippen molar-refractivity contribution in [3.05, 3.63) is 57.8 Å². The number of carbonyl (C=O) groups is 1. The Morgan fingerprint density at radius 1 is 1.36 bits per heavy atom. The first-order valence-corrected chi connectivity index (χ1v) is 9.99. The molecule has 3 rings (SSSR count). The summed E-state index contributed by atoms with van der Waals surface area (Å²) in [5.41, 5.74) is 1.66. The van der Waals surface area contributed by atoms with Gasteiger partial charge in [-0.2, -0.15) is 0 Å². The summed E-state index contributed by atoms with van der Waals surface area (Å²) in [7, 11) is -0.895. The molecule has 2 unspecified atom stereocenters. The van der Waals surface area contributed by atoms with Crippen LogP contribution in [0.1, 0.15) is 39.7 Å². The molecule has 0 saturated carbocycles. The minimum Gasteiger partial charge on any atom is -0.331 e. The molecular formula is C17H19NO2S2. The third-order valence-corrected chi connectivity index (χ3v) is 5.64. The van der Waals surface area contributed by atoms with Gasteiger partial charge in [0.25, 0.3) is 5.91 Å². The quantitative estimate of drug-likeness (QED) is 0.857. The average molecular weight is 333 g/mol. The zero-order valence-corrected chi connectivity index (χ0v) is 14.2. The van der Waals surface area contributed by atoms with Crippen LogP contribution in [0.15, 0.2) is 41.8 Å². The molecule has 1 aromatic carbocycles. The van der Waals surface area contributed by atoms with Crippen molar-refractivity contribution < 1.29 is 9.00 Å². The monoisotopic (exact) mass is 333 g/mol. The highest BCUT2D eigenvalue weighted by atomic mass is 32.2. The van der Waals surface area contributed by atoms with E-state index in [9.17, 15) is 9.00 Å². The molecule has 1 aliphatic heterocycles. The van der Waals surface area contributed by atoms with Crippen molar-refractivity contribution in [3.63, 3.8) is 0 Å². The number of hydrogen-bond donors (Lipinski definition) is 0. The Morgan fingerprint density at radius 3 is 2.95 bits per heavy atom. The van der Waals surface area contributed by atoms with Crippen LogP contribution in [0.5, 0.6) is 0 Å². The Balaban J connectivity index is 1.82. The highest BCUT2D eigenvalue weighted by Crippen LogP contribution is 2.35. The first kappa shape index (κ1) is 15.4. The maximum atomic E-state index is 12.8. The lowest BCUT2D eigenvalue weighted by atomic mass is 10.1. The van der Waals surface area contributed by atoms with Crippen molar-refractivity contribution in [2.45, 2.75) is 24.6 Å². The minimum atomic E-state index is -0.895. The first-order valence-electron chi connectivity index (χ1n) is 7.38. The number of hydrogen-bond acceptors (Lipinski definition) is 3. The topological polar surface area (TPSA) is 37.4 Å². The Morgan fingerprint density at radius 2 is 2.23 bits per heavy atom. The SMILES string of the molecule is CS(=O)Cc1cccc(C(=O)N2CCCC2c2cccs2)c1. The van der Waals surface area contributed by atoms with Crippen molar-refractivity contribution in [2.75, 3.05) is 12.8 Å². The van der Waals surface area contributed by atoms with Crippen LogP contribution in [0.3, 0.4) is 0 Å². The van der Waals surface area contributed by atoms with Gasteiger partial charge < -0.3 is 4.90 Å². The van der Waals surface area contributed by atoms with Gasteiger partial charge in [-0.25, -0.2) is 0 Å². The third-order valence-electron chi connectivity index (χ3n) is 3.93. The van der Waals surface area contributed by atoms with Gasteiger partial charge in [-0.05, 0) is 42.0 Å². The second-order valence-electron chi connectivity index (χ2n) is 5.59. The lowest BCUT2D eigenvalue weighted by molar-refractivity contribution is 0.0738. The van der Waals surface area contributed by atoms with Gasteiger partial charge in [0.1, 0.15) is 0 Å². The van der Waals surface area contributed by atoms with Gasteiger partial charge in [0.15, 0.2) is 0 Å². The van der Waals surface area contributed by atoms with Crippen LogP contribution in [0.2, 0.25) is 0 Å². The number of thiophene rings is 1. The second-order valence-corrected chi connectivity index (χ2v) is 8.00. The lowest BCUT2D eigenvalue weighted by Crippen LogP contribution is -2.30. The van der Waals surface area contributed by atoms with Crippen LogP contribution in [0.4, 0.5) is 0 Å². The maximum Gasteiger partial charge on any atom is 0.254 e. The van der Waals surface area contributed by atoms with E-state index < -0.39 is 10.8 Å². The molecule has 2 heterocycles. The molecule has 0 aliphatic carbocycles. The molecule has 22 heavy (non-hydrogen) atoms. The van der Waals surface area contributed by atoms with Crippen molar-refractivity contribution in [1.29, 1.82) is 0 Å². The molecule has 0 spiro atoms. The van der Waals surface area contributed by atoms with Gasteiger partial charge >= 0.3 is 0 Å². The maximum absolute atomic E-state index is 12.8. The normalized spacial score (nSPS) is 19.3. The number of rotatable bonds is 4. The van der Waals surface area contributed by atoms with Crippen molar-refractivity contribution in [3.8, 4) is 0 Å². The van der Waals surface area contributed by atoms with Crippen molar-refractivity contribution in [2.24, 2.45) is 0 Å². The smallest absolute Gasteiger partial charge is 0.254 e. The molecule has 2 atom stereocenters. The summed E-state index contributed by atoms with van der Waals surface area (Å²) in [6, 6.07) is 11.9. The summed E-state index contributed by atoms with van der Waals surface area (Å²) < 4.78 is 11.4. The molecule has 1 amide bonds. The van der Waals surface area contributed by atoms with Crippen LogP contribution in [0.25, 0.3) is 0 Å². The van der Waals surface area contributed by atoms with E-state index in [2.05, 4.69) is 11.4 Å². The summed E-state index contributed by atoms with van der Waals surface area (Å²) in [5.74, 6) is 0.579. The summed E-state index contributed by atoms with van der Waals surface area (Å²) in [4.78, 5) is 16.1. The Bertz CT molecular complexity index is 682. The van der Waals surface area contributed by atoms with E-state index in [1.165, 1.54) is 4.88 Å². The van der Waals surface area contributed by atoms with Crippen LogP contribution in [-0.4, -0.2) is 27.8 Å². The average Bonchev–Trinajstić information content (AvgIpc) is 3.16. The van der Waals surface area contributed by atoms with Gasteiger partial charge in [0.05, 0.1) is 6.04 Å². The van der Waals surface area contributed by atoms with Crippen LogP contribution < -0.4 is 0 Å². The number of carbonyl (C=O) groups excluding carboxylic acids is 1. The summed E-state index contributed by atoms with van der Waals surface area (Å²) >= 11 is 1.71. The van der Waals surface area contributed by atoms with Crippen LogP contribution in [0, 0.1) is 0 Å². The van der Waals surface area contributed by atoms with E-state index in [0.29, 0.717) is 11.3 Å². The third kappa shape index (κ3) is 3.31. The van der Waals surface area contributed by atoms with Crippen LogP contribution >= 0.6 is 11.3 Å². The Kier molecular flexibility index (Phi) is 4.74. The van der Waals surface area contributed by atoms with Crippen LogP contribution in [-0.2, 0) is 16.6 Å². The second kappa shape index (κ2) is 6.75. The highest BCUT2D eigenvalue weighted by molar-refractivity contribution is 7.83. The fraction of sp³-hybridized carbons (Fsp3) is 0.353. The zero-order chi connectivity index (χ0) is 15.5. The van der Waals surface area contributed by atoms with Gasteiger partial charge in [-0.15, -0.1) is 11.3 Å². The van der Waals surface area contributed by atoms with E-state index in [1.807, 2.05) is 35.2 Å². The van der Waals surface area contributed by atoms with Gasteiger partial charge in [0, 0.05) is 39.8 Å². The van der Waals surface area contributed by atoms with Crippen molar-refractivity contribution >= 4 is 28.0 Å². The van der Waals surface area contributed by atoms with E-state index >= 15 is 0 Å². The Labute approximate surface area is 137 Å². The standard InChI is InChI=1S/C17H19NO2S2/c1-22(20)12-13-5-2-6-14(11-13)17(19)18-9-3-7-15(18)16-8-4-10-21-16/h2,4-6,8,10-11,15H,3,7,9,12H2,1H3. The molecular weight excluding hydrogens is 314 g/mol. The molecule has 5 heteroatoms. The number of nitrogens with zero attached hydrogens (tertiary/aromatic N) is 1. The summed E-state index contributed by atoms with van der Waals surface area (Å²) in [6.07, 6.45) is 3.76. The van der Waals surface area contributed by atoms with E-state index in [4.69, 9.17) is 0 Å².